The predicted octanol–water partition coefficient (Wildman–Crippen LogP) is 2.41. The van der Waals surface area contributed by atoms with Gasteiger partial charge in [0.25, 0.3) is 5.91 Å². The van der Waals surface area contributed by atoms with Crippen molar-refractivity contribution in [1.82, 2.24) is 4.90 Å². The Hall–Kier alpha value is -2.82. The van der Waals surface area contributed by atoms with Crippen LogP contribution in [0.3, 0.4) is 0 Å². The first-order chi connectivity index (χ1) is 10.5. The number of likely N-dealkylation sites (N-methyl/N-ethyl adjacent to an activating group) is 1. The number of aromatic hydroxyl groups is 1. The molecule has 2 rings (SSSR count). The maximum absolute atomic E-state index is 12.3. The molecule has 0 unspecified atom stereocenters. The molecule has 0 spiro atoms. The normalized spacial score (nSPS) is 10.1. The summed E-state index contributed by atoms with van der Waals surface area (Å²) in [5, 5.41) is 12.5. The average molecular weight is 298 g/mol. The summed E-state index contributed by atoms with van der Waals surface area (Å²) in [4.78, 5) is 25.5. The van der Waals surface area contributed by atoms with Crippen LogP contribution in [0.1, 0.15) is 15.9 Å². The number of anilines is 1. The summed E-state index contributed by atoms with van der Waals surface area (Å²) in [7, 11) is 1.52. The third-order valence-electron chi connectivity index (χ3n) is 3.17. The highest BCUT2D eigenvalue weighted by Crippen LogP contribution is 2.19. The summed E-state index contributed by atoms with van der Waals surface area (Å²) < 4.78 is 0. The lowest BCUT2D eigenvalue weighted by Crippen LogP contribution is -2.35. The molecule has 22 heavy (non-hydrogen) atoms. The van der Waals surface area contributed by atoms with Gasteiger partial charge in [0.15, 0.2) is 0 Å². The Morgan fingerprint density at radius 1 is 1.14 bits per heavy atom. The number of aryl methyl sites for hydroxylation is 1. The molecular formula is C17H18N2O3. The van der Waals surface area contributed by atoms with E-state index >= 15 is 0 Å². The Morgan fingerprint density at radius 2 is 1.82 bits per heavy atom. The van der Waals surface area contributed by atoms with E-state index in [9.17, 15) is 14.7 Å². The van der Waals surface area contributed by atoms with Gasteiger partial charge in [0.1, 0.15) is 5.75 Å². The molecule has 2 aromatic carbocycles. The number of nitrogens with one attached hydrogen (secondary N) is 1. The molecule has 2 amide bonds. The summed E-state index contributed by atoms with van der Waals surface area (Å²) in [5.74, 6) is -0.787. The van der Waals surface area contributed by atoms with E-state index < -0.39 is 5.91 Å². The number of rotatable bonds is 4. The highest BCUT2D eigenvalue weighted by molar-refractivity contribution is 6.00. The van der Waals surface area contributed by atoms with Crippen LogP contribution < -0.4 is 5.32 Å². The minimum atomic E-state index is -0.399. The molecule has 0 atom stereocenters. The largest absolute Gasteiger partial charge is 0.507 e. The third kappa shape index (κ3) is 3.85. The van der Waals surface area contributed by atoms with Crippen molar-refractivity contribution < 1.29 is 14.7 Å². The molecule has 0 aliphatic rings. The molecule has 0 aliphatic heterocycles. The number of amides is 2. The second-order valence-electron chi connectivity index (χ2n) is 5.10. The number of phenolic OH excluding ortho intramolecular Hbond substituents is 1. The second-order valence-corrected chi connectivity index (χ2v) is 5.10. The Morgan fingerprint density at radius 3 is 2.50 bits per heavy atom. The van der Waals surface area contributed by atoms with Gasteiger partial charge in [-0.25, -0.2) is 0 Å². The minimum absolute atomic E-state index is 0.0917. The van der Waals surface area contributed by atoms with E-state index in [0.29, 0.717) is 5.69 Å². The zero-order valence-corrected chi connectivity index (χ0v) is 12.5. The van der Waals surface area contributed by atoms with E-state index in [1.165, 1.54) is 18.0 Å². The molecule has 0 bridgehead atoms. The maximum Gasteiger partial charge on any atom is 0.257 e. The number of carbonyl (C=O) groups excluding carboxylic acids is 2. The van der Waals surface area contributed by atoms with Crippen molar-refractivity contribution in [2.45, 2.75) is 6.92 Å². The molecule has 5 nitrogen and oxygen atoms in total. The molecule has 0 heterocycles. The van der Waals surface area contributed by atoms with Gasteiger partial charge < -0.3 is 15.3 Å². The summed E-state index contributed by atoms with van der Waals surface area (Å²) in [5.41, 5.74) is 1.73. The fourth-order valence-electron chi connectivity index (χ4n) is 2.04. The minimum Gasteiger partial charge on any atom is -0.507 e. The molecular weight excluding hydrogens is 280 g/mol. The second kappa shape index (κ2) is 6.76. The van der Waals surface area contributed by atoms with Crippen LogP contribution in [0.25, 0.3) is 0 Å². The van der Waals surface area contributed by atoms with E-state index in [4.69, 9.17) is 0 Å². The quantitative estimate of drug-likeness (QED) is 0.910. The summed E-state index contributed by atoms with van der Waals surface area (Å²) in [6.45, 7) is 1.74. The first kappa shape index (κ1) is 15.6. The summed E-state index contributed by atoms with van der Waals surface area (Å²) in [6.07, 6.45) is 0. The van der Waals surface area contributed by atoms with Crippen LogP contribution in [0, 0.1) is 6.92 Å². The van der Waals surface area contributed by atoms with Gasteiger partial charge in [0, 0.05) is 12.7 Å². The van der Waals surface area contributed by atoms with Crippen molar-refractivity contribution >= 4 is 17.5 Å². The van der Waals surface area contributed by atoms with Crippen molar-refractivity contribution in [3.05, 3.63) is 59.7 Å². The van der Waals surface area contributed by atoms with E-state index in [-0.39, 0.29) is 23.8 Å². The van der Waals surface area contributed by atoms with Gasteiger partial charge in [-0.15, -0.1) is 0 Å². The van der Waals surface area contributed by atoms with E-state index in [2.05, 4.69) is 5.32 Å². The molecule has 0 aliphatic carbocycles. The molecule has 114 valence electrons. The first-order valence-corrected chi connectivity index (χ1v) is 6.87. The van der Waals surface area contributed by atoms with Gasteiger partial charge in [-0.05, 0) is 31.2 Å². The van der Waals surface area contributed by atoms with Crippen LogP contribution in [0.5, 0.6) is 5.75 Å². The molecule has 0 saturated carbocycles. The number of carbonyl (C=O) groups is 2. The van der Waals surface area contributed by atoms with E-state index in [0.717, 1.165) is 5.56 Å². The lowest BCUT2D eigenvalue weighted by atomic mass is 10.1. The highest BCUT2D eigenvalue weighted by Gasteiger charge is 2.18. The summed E-state index contributed by atoms with van der Waals surface area (Å²) >= 11 is 0. The molecule has 0 radical (unpaired) electrons. The van der Waals surface area contributed by atoms with Gasteiger partial charge >= 0.3 is 0 Å². The number of phenols is 1. The molecule has 0 fully saturated rings. The van der Waals surface area contributed by atoms with Gasteiger partial charge in [0.05, 0.1) is 12.1 Å². The van der Waals surface area contributed by atoms with Crippen LogP contribution >= 0.6 is 0 Å². The van der Waals surface area contributed by atoms with Crippen LogP contribution in [0.4, 0.5) is 5.69 Å². The number of nitrogens with zero attached hydrogens (tertiary/aromatic N) is 1. The lowest BCUT2D eigenvalue weighted by Gasteiger charge is -2.17. The molecule has 0 aromatic heterocycles. The van der Waals surface area contributed by atoms with Crippen LogP contribution in [0.2, 0.25) is 0 Å². The van der Waals surface area contributed by atoms with Crippen molar-refractivity contribution in [2.24, 2.45) is 0 Å². The third-order valence-corrected chi connectivity index (χ3v) is 3.17. The van der Waals surface area contributed by atoms with E-state index in [1.807, 2.05) is 25.1 Å². The number of hydrogen-bond acceptors (Lipinski definition) is 3. The fraction of sp³-hybridized carbons (Fsp3) is 0.176. The standard InChI is InChI=1S/C17H18N2O3/c1-12-8-9-15(20)14(10-12)17(22)19(2)11-16(21)18-13-6-4-3-5-7-13/h3-10,20H,11H2,1-2H3,(H,18,21). The predicted molar refractivity (Wildman–Crippen MR) is 84.9 cm³/mol. The van der Waals surface area contributed by atoms with Crippen LogP contribution in [-0.2, 0) is 4.79 Å². The fourth-order valence-corrected chi connectivity index (χ4v) is 2.04. The van der Waals surface area contributed by atoms with Gasteiger partial charge in [-0.3, -0.25) is 9.59 Å². The zero-order valence-electron chi connectivity index (χ0n) is 12.5. The monoisotopic (exact) mass is 298 g/mol. The number of para-hydroxylation sites is 1. The van der Waals surface area contributed by atoms with Gasteiger partial charge in [-0.1, -0.05) is 29.8 Å². The summed E-state index contributed by atoms with van der Waals surface area (Å²) in [6, 6.07) is 13.8. The first-order valence-electron chi connectivity index (χ1n) is 6.87. The van der Waals surface area contributed by atoms with Gasteiger partial charge in [-0.2, -0.15) is 0 Å². The Balaban J connectivity index is 2.02. The Bertz CT molecular complexity index is 684. The number of benzene rings is 2. The van der Waals surface area contributed by atoms with Crippen molar-refractivity contribution in [1.29, 1.82) is 0 Å². The smallest absolute Gasteiger partial charge is 0.257 e. The molecule has 0 saturated heterocycles. The number of hydrogen-bond donors (Lipinski definition) is 2. The Kier molecular flexibility index (Phi) is 4.78. The van der Waals surface area contributed by atoms with E-state index in [1.54, 1.807) is 24.3 Å². The SMILES string of the molecule is Cc1ccc(O)c(C(=O)N(C)CC(=O)Nc2ccccc2)c1. The van der Waals surface area contributed by atoms with Crippen molar-refractivity contribution in [3.63, 3.8) is 0 Å². The van der Waals surface area contributed by atoms with Gasteiger partial charge in [0.2, 0.25) is 5.91 Å². The molecule has 2 aromatic rings. The topological polar surface area (TPSA) is 69.6 Å². The van der Waals surface area contributed by atoms with Crippen LogP contribution in [-0.4, -0.2) is 35.4 Å². The zero-order chi connectivity index (χ0) is 16.1. The lowest BCUT2D eigenvalue weighted by molar-refractivity contribution is -0.116. The Labute approximate surface area is 129 Å². The molecule has 2 N–H and O–H groups in total. The van der Waals surface area contributed by atoms with Crippen molar-refractivity contribution in [3.8, 4) is 5.75 Å². The maximum atomic E-state index is 12.3. The van der Waals surface area contributed by atoms with Crippen LogP contribution in [0.15, 0.2) is 48.5 Å². The van der Waals surface area contributed by atoms with Crippen molar-refractivity contribution in [2.75, 3.05) is 18.9 Å². The average Bonchev–Trinajstić information content (AvgIpc) is 2.49. The molecule has 5 heteroatoms. The highest BCUT2D eigenvalue weighted by atomic mass is 16.3.